The van der Waals surface area contributed by atoms with Crippen molar-refractivity contribution in [3.05, 3.63) is 23.8 Å². The van der Waals surface area contributed by atoms with Crippen molar-refractivity contribution in [1.82, 2.24) is 10.3 Å². The fraction of sp³-hybridized carbons (Fsp3) is 0.357. The normalized spacial score (nSPS) is 13.1. The van der Waals surface area contributed by atoms with Crippen LogP contribution in [0.25, 0.3) is 10.2 Å². The first kappa shape index (κ1) is 15.2. The van der Waals surface area contributed by atoms with Gasteiger partial charge in [-0.25, -0.2) is 9.78 Å². The molecule has 2 aromatic rings. The van der Waals surface area contributed by atoms with Gasteiger partial charge in [-0.2, -0.15) is 0 Å². The number of carboxylic acids is 1. The zero-order valence-electron chi connectivity index (χ0n) is 12.0. The van der Waals surface area contributed by atoms with Crippen molar-refractivity contribution in [2.45, 2.75) is 26.8 Å². The molecule has 0 spiro atoms. The lowest BCUT2D eigenvalue weighted by Crippen LogP contribution is -2.49. The molecule has 1 aromatic carbocycles. The minimum absolute atomic E-state index is 0.390. The Labute approximate surface area is 126 Å². The van der Waals surface area contributed by atoms with Crippen molar-refractivity contribution in [2.24, 2.45) is 5.41 Å². The number of anilines is 1. The lowest BCUT2D eigenvalue weighted by atomic mass is 9.86. The second-order valence-corrected chi connectivity index (χ2v) is 6.91. The number of hydrogen-bond acceptors (Lipinski definition) is 5. The molecule has 4 N–H and O–H groups in total. The zero-order valence-corrected chi connectivity index (χ0v) is 12.8. The number of nitrogens with two attached hydrogens (primary N) is 1. The molecule has 0 aliphatic rings. The van der Waals surface area contributed by atoms with Gasteiger partial charge in [-0.1, -0.05) is 32.1 Å². The van der Waals surface area contributed by atoms with E-state index in [0.29, 0.717) is 10.7 Å². The van der Waals surface area contributed by atoms with Gasteiger partial charge in [0.25, 0.3) is 5.91 Å². The van der Waals surface area contributed by atoms with Gasteiger partial charge >= 0.3 is 5.97 Å². The van der Waals surface area contributed by atoms with Crippen molar-refractivity contribution in [1.29, 1.82) is 0 Å². The number of nitrogen functional groups attached to an aromatic ring is 1. The van der Waals surface area contributed by atoms with Gasteiger partial charge in [0, 0.05) is 5.56 Å². The van der Waals surface area contributed by atoms with Crippen LogP contribution < -0.4 is 11.1 Å². The lowest BCUT2D eigenvalue weighted by Gasteiger charge is -2.27. The predicted molar refractivity (Wildman–Crippen MR) is 82.4 cm³/mol. The molecular weight excluding hydrogens is 290 g/mol. The summed E-state index contributed by atoms with van der Waals surface area (Å²) in [6.45, 7) is 5.29. The molecule has 1 atom stereocenters. The van der Waals surface area contributed by atoms with Gasteiger partial charge < -0.3 is 16.2 Å². The molecular formula is C14H17N3O3S. The first-order valence-corrected chi connectivity index (χ1v) is 7.20. The number of carbonyl (C=O) groups is 2. The van der Waals surface area contributed by atoms with Crippen LogP contribution in [-0.2, 0) is 4.79 Å². The number of amides is 1. The largest absolute Gasteiger partial charge is 0.480 e. The number of aliphatic carboxylic acids is 1. The van der Waals surface area contributed by atoms with Crippen LogP contribution in [0, 0.1) is 5.41 Å². The molecule has 21 heavy (non-hydrogen) atoms. The molecule has 0 bridgehead atoms. The van der Waals surface area contributed by atoms with Crippen LogP contribution in [0.4, 0.5) is 5.13 Å². The van der Waals surface area contributed by atoms with Gasteiger partial charge in [-0.05, 0) is 23.6 Å². The summed E-state index contributed by atoms with van der Waals surface area (Å²) in [5.41, 5.74) is 6.15. The fourth-order valence-corrected chi connectivity index (χ4v) is 2.72. The van der Waals surface area contributed by atoms with E-state index in [1.54, 1.807) is 39.0 Å². The summed E-state index contributed by atoms with van der Waals surface area (Å²) in [6.07, 6.45) is 0. The second-order valence-electron chi connectivity index (χ2n) is 5.85. The van der Waals surface area contributed by atoms with E-state index in [-0.39, 0.29) is 0 Å². The number of fused-ring (bicyclic) bond motifs is 1. The Morgan fingerprint density at radius 3 is 2.62 bits per heavy atom. The van der Waals surface area contributed by atoms with E-state index < -0.39 is 23.3 Å². The average molecular weight is 307 g/mol. The third-order valence-corrected chi connectivity index (χ3v) is 3.90. The quantitative estimate of drug-likeness (QED) is 0.805. The number of nitrogens with one attached hydrogen (secondary N) is 1. The molecule has 0 saturated carbocycles. The first-order valence-electron chi connectivity index (χ1n) is 6.38. The number of hydrogen-bond donors (Lipinski definition) is 3. The van der Waals surface area contributed by atoms with Crippen molar-refractivity contribution in [3.63, 3.8) is 0 Å². The average Bonchev–Trinajstić information content (AvgIpc) is 2.72. The molecule has 0 aliphatic heterocycles. The van der Waals surface area contributed by atoms with Gasteiger partial charge in [0.1, 0.15) is 6.04 Å². The molecule has 0 saturated heterocycles. The zero-order chi connectivity index (χ0) is 15.8. The smallest absolute Gasteiger partial charge is 0.326 e. The first-order chi connectivity index (χ1) is 9.68. The highest BCUT2D eigenvalue weighted by molar-refractivity contribution is 7.22. The molecule has 112 valence electrons. The summed E-state index contributed by atoms with van der Waals surface area (Å²) in [6, 6.07) is 4.01. The van der Waals surface area contributed by atoms with Gasteiger partial charge in [-0.3, -0.25) is 4.79 Å². The summed E-state index contributed by atoms with van der Waals surface area (Å²) >= 11 is 1.28. The molecule has 7 heteroatoms. The summed E-state index contributed by atoms with van der Waals surface area (Å²) in [5, 5.41) is 12.2. The van der Waals surface area contributed by atoms with E-state index >= 15 is 0 Å². The van der Waals surface area contributed by atoms with E-state index in [4.69, 9.17) is 5.73 Å². The Bertz CT molecular complexity index is 703. The minimum Gasteiger partial charge on any atom is -0.480 e. The molecule has 1 aromatic heterocycles. The molecule has 0 unspecified atom stereocenters. The van der Waals surface area contributed by atoms with Crippen molar-refractivity contribution in [2.75, 3.05) is 5.73 Å². The topological polar surface area (TPSA) is 105 Å². The second kappa shape index (κ2) is 5.33. The Morgan fingerprint density at radius 1 is 1.38 bits per heavy atom. The van der Waals surface area contributed by atoms with Crippen LogP contribution in [-0.4, -0.2) is 28.0 Å². The molecule has 0 aliphatic carbocycles. The van der Waals surface area contributed by atoms with E-state index in [2.05, 4.69) is 10.3 Å². The monoisotopic (exact) mass is 307 g/mol. The maximum Gasteiger partial charge on any atom is 0.326 e. The van der Waals surface area contributed by atoms with Crippen LogP contribution in [0.3, 0.4) is 0 Å². The van der Waals surface area contributed by atoms with E-state index in [1.807, 2.05) is 0 Å². The molecule has 6 nitrogen and oxygen atoms in total. The van der Waals surface area contributed by atoms with Gasteiger partial charge in [-0.15, -0.1) is 0 Å². The van der Waals surface area contributed by atoms with E-state index in [0.717, 1.165) is 10.2 Å². The maximum atomic E-state index is 12.2. The van der Waals surface area contributed by atoms with Crippen LogP contribution in [0.1, 0.15) is 31.1 Å². The highest BCUT2D eigenvalue weighted by atomic mass is 32.1. The third-order valence-electron chi connectivity index (χ3n) is 3.06. The standard InChI is InChI=1S/C14H17N3O3S/c1-14(2,3)10(12(19)20)17-11(18)7-4-5-8-9(6-7)21-13(15)16-8/h4-6,10H,1-3H3,(H2,15,16)(H,17,18)(H,19,20)/t10-/m0/s1. The SMILES string of the molecule is CC(C)(C)[C@@H](NC(=O)c1ccc2nc(N)sc2c1)C(=O)O. The van der Waals surface area contributed by atoms with Crippen LogP contribution in [0.15, 0.2) is 18.2 Å². The number of carbonyl (C=O) groups excluding carboxylic acids is 1. The van der Waals surface area contributed by atoms with Gasteiger partial charge in [0.05, 0.1) is 10.2 Å². The predicted octanol–water partition coefficient (Wildman–Crippen LogP) is 2.11. The van der Waals surface area contributed by atoms with E-state index in [9.17, 15) is 14.7 Å². The van der Waals surface area contributed by atoms with E-state index in [1.165, 1.54) is 11.3 Å². The lowest BCUT2D eigenvalue weighted by molar-refractivity contribution is -0.142. The molecule has 1 heterocycles. The van der Waals surface area contributed by atoms with Crippen molar-refractivity contribution in [3.8, 4) is 0 Å². The summed E-state index contributed by atoms with van der Waals surface area (Å²) in [7, 11) is 0. The third kappa shape index (κ3) is 3.30. The Kier molecular flexibility index (Phi) is 3.87. The number of rotatable bonds is 3. The van der Waals surface area contributed by atoms with Crippen LogP contribution in [0.5, 0.6) is 0 Å². The molecule has 1 amide bonds. The highest BCUT2D eigenvalue weighted by Gasteiger charge is 2.32. The van der Waals surface area contributed by atoms with Crippen LogP contribution in [0.2, 0.25) is 0 Å². The maximum absolute atomic E-state index is 12.2. The number of thiazole rings is 1. The number of carboxylic acid groups (broad SMARTS) is 1. The van der Waals surface area contributed by atoms with Gasteiger partial charge in [0.15, 0.2) is 5.13 Å². The fourth-order valence-electron chi connectivity index (χ4n) is 1.95. The van der Waals surface area contributed by atoms with Crippen LogP contribution >= 0.6 is 11.3 Å². The van der Waals surface area contributed by atoms with Crippen molar-refractivity contribution >= 4 is 38.6 Å². The van der Waals surface area contributed by atoms with Gasteiger partial charge in [0.2, 0.25) is 0 Å². The number of benzene rings is 1. The van der Waals surface area contributed by atoms with Crippen molar-refractivity contribution < 1.29 is 14.7 Å². The number of nitrogens with zero attached hydrogens (tertiary/aromatic N) is 1. The Balaban J connectivity index is 2.27. The summed E-state index contributed by atoms with van der Waals surface area (Å²) < 4.78 is 0.794. The Hall–Kier alpha value is -2.15. The summed E-state index contributed by atoms with van der Waals surface area (Å²) in [5.74, 6) is -1.48. The molecule has 2 rings (SSSR count). The highest BCUT2D eigenvalue weighted by Crippen LogP contribution is 2.25. The Morgan fingerprint density at radius 2 is 2.05 bits per heavy atom. The summed E-state index contributed by atoms with van der Waals surface area (Å²) in [4.78, 5) is 27.6. The minimum atomic E-state index is -1.06. The molecule has 0 fully saturated rings. The number of aromatic nitrogens is 1. The molecule has 0 radical (unpaired) electrons.